The highest BCUT2D eigenvalue weighted by atomic mass is 16.5. The lowest BCUT2D eigenvalue weighted by molar-refractivity contribution is -0.136. The SMILES string of the molecule is Cc1cc(C)cc(NC(=O)C(=O)NN=Cc2ccc(OC(=O)c3ccco3)cc2)c1. The molecule has 0 fully saturated rings. The second-order valence-corrected chi connectivity index (χ2v) is 6.47. The number of rotatable bonds is 5. The fourth-order valence-electron chi connectivity index (χ4n) is 2.62. The number of hydrogen-bond donors (Lipinski definition) is 2. The van der Waals surface area contributed by atoms with Crippen LogP contribution >= 0.6 is 0 Å². The third-order valence-electron chi connectivity index (χ3n) is 3.88. The second-order valence-electron chi connectivity index (χ2n) is 6.47. The minimum absolute atomic E-state index is 0.0995. The maximum atomic E-state index is 12.0. The van der Waals surface area contributed by atoms with Crippen LogP contribution < -0.4 is 15.5 Å². The number of furan rings is 1. The van der Waals surface area contributed by atoms with E-state index in [4.69, 9.17) is 9.15 Å². The molecule has 0 saturated heterocycles. The Morgan fingerprint density at radius 1 is 0.967 bits per heavy atom. The van der Waals surface area contributed by atoms with Gasteiger partial charge in [0, 0.05) is 5.69 Å². The summed E-state index contributed by atoms with van der Waals surface area (Å²) >= 11 is 0. The van der Waals surface area contributed by atoms with E-state index < -0.39 is 17.8 Å². The van der Waals surface area contributed by atoms with Gasteiger partial charge in [-0.25, -0.2) is 10.2 Å². The van der Waals surface area contributed by atoms with Gasteiger partial charge < -0.3 is 14.5 Å². The van der Waals surface area contributed by atoms with Crippen molar-refractivity contribution in [1.29, 1.82) is 0 Å². The van der Waals surface area contributed by atoms with Crippen molar-refractivity contribution >= 4 is 29.7 Å². The Labute approximate surface area is 172 Å². The van der Waals surface area contributed by atoms with E-state index in [9.17, 15) is 14.4 Å². The number of esters is 1. The lowest BCUT2D eigenvalue weighted by Crippen LogP contribution is -2.32. The molecule has 0 spiro atoms. The molecule has 0 unspecified atom stereocenters. The molecule has 3 aromatic rings. The molecule has 0 aliphatic heterocycles. The summed E-state index contributed by atoms with van der Waals surface area (Å²) in [5.41, 5.74) is 5.28. The van der Waals surface area contributed by atoms with Gasteiger partial charge in [-0.1, -0.05) is 6.07 Å². The Hall–Kier alpha value is -4.20. The Balaban J connectivity index is 1.51. The van der Waals surface area contributed by atoms with Gasteiger partial charge >= 0.3 is 17.8 Å². The van der Waals surface area contributed by atoms with Crippen molar-refractivity contribution in [2.24, 2.45) is 5.10 Å². The highest BCUT2D eigenvalue weighted by Gasteiger charge is 2.13. The number of nitrogens with zero attached hydrogens (tertiary/aromatic N) is 1. The van der Waals surface area contributed by atoms with Crippen LogP contribution in [-0.2, 0) is 9.59 Å². The van der Waals surface area contributed by atoms with Crippen LogP contribution in [0, 0.1) is 13.8 Å². The first-order valence-electron chi connectivity index (χ1n) is 8.99. The van der Waals surface area contributed by atoms with Crippen LogP contribution in [0.1, 0.15) is 27.2 Å². The van der Waals surface area contributed by atoms with Crippen LogP contribution in [-0.4, -0.2) is 24.0 Å². The Kier molecular flexibility index (Phi) is 6.39. The zero-order valence-electron chi connectivity index (χ0n) is 16.3. The van der Waals surface area contributed by atoms with Crippen molar-refractivity contribution in [1.82, 2.24) is 5.43 Å². The maximum Gasteiger partial charge on any atom is 0.379 e. The molecule has 0 aliphatic rings. The fraction of sp³-hybridized carbons (Fsp3) is 0.0909. The van der Waals surface area contributed by atoms with Gasteiger partial charge in [0.15, 0.2) is 0 Å². The summed E-state index contributed by atoms with van der Waals surface area (Å²) in [4.78, 5) is 35.7. The number of nitrogens with one attached hydrogen (secondary N) is 2. The molecule has 3 rings (SSSR count). The van der Waals surface area contributed by atoms with Gasteiger partial charge in [-0.2, -0.15) is 5.10 Å². The van der Waals surface area contributed by atoms with Crippen LogP contribution in [0.2, 0.25) is 0 Å². The van der Waals surface area contributed by atoms with E-state index in [-0.39, 0.29) is 5.76 Å². The molecule has 0 aliphatic carbocycles. The number of benzene rings is 2. The summed E-state index contributed by atoms with van der Waals surface area (Å²) in [6.07, 6.45) is 2.74. The summed E-state index contributed by atoms with van der Waals surface area (Å²) in [6.45, 7) is 3.80. The van der Waals surface area contributed by atoms with Gasteiger partial charge in [-0.3, -0.25) is 9.59 Å². The lowest BCUT2D eigenvalue weighted by Gasteiger charge is -2.06. The van der Waals surface area contributed by atoms with Crippen LogP contribution in [0.15, 0.2) is 70.4 Å². The predicted octanol–water partition coefficient (Wildman–Crippen LogP) is 3.20. The number of ether oxygens (including phenoxy) is 1. The standard InChI is InChI=1S/C22H19N3O5/c1-14-10-15(2)12-17(11-14)24-20(26)21(27)25-23-13-16-5-7-18(8-6-16)30-22(28)19-4-3-9-29-19/h3-13H,1-2H3,(H,24,26)(H,25,27). The van der Waals surface area contributed by atoms with E-state index in [0.29, 0.717) is 17.0 Å². The van der Waals surface area contributed by atoms with Crippen LogP contribution in [0.4, 0.5) is 5.69 Å². The van der Waals surface area contributed by atoms with Crippen LogP contribution in [0.25, 0.3) is 0 Å². The molecule has 152 valence electrons. The van der Waals surface area contributed by atoms with Crippen LogP contribution in [0.5, 0.6) is 5.75 Å². The van der Waals surface area contributed by atoms with Crippen molar-refractivity contribution in [3.05, 3.63) is 83.3 Å². The quantitative estimate of drug-likeness (QED) is 0.223. The number of aryl methyl sites for hydroxylation is 2. The van der Waals surface area contributed by atoms with Gasteiger partial charge in [-0.15, -0.1) is 0 Å². The number of hydrogen-bond acceptors (Lipinski definition) is 6. The smallest absolute Gasteiger partial charge is 0.379 e. The van der Waals surface area contributed by atoms with E-state index in [0.717, 1.165) is 11.1 Å². The molecule has 0 saturated carbocycles. The zero-order valence-corrected chi connectivity index (χ0v) is 16.3. The molecule has 30 heavy (non-hydrogen) atoms. The highest BCUT2D eigenvalue weighted by molar-refractivity contribution is 6.39. The molecular weight excluding hydrogens is 386 g/mol. The third-order valence-corrected chi connectivity index (χ3v) is 3.88. The number of carbonyl (C=O) groups excluding carboxylic acids is 3. The number of hydrazone groups is 1. The van der Waals surface area contributed by atoms with Crippen molar-refractivity contribution in [3.8, 4) is 5.75 Å². The molecule has 0 radical (unpaired) electrons. The van der Waals surface area contributed by atoms with E-state index in [1.165, 1.54) is 18.5 Å². The molecule has 2 N–H and O–H groups in total. The lowest BCUT2D eigenvalue weighted by atomic mass is 10.1. The topological polar surface area (TPSA) is 110 Å². The van der Waals surface area contributed by atoms with Gasteiger partial charge in [0.05, 0.1) is 12.5 Å². The molecule has 2 amide bonds. The third kappa shape index (κ3) is 5.65. The minimum atomic E-state index is -0.894. The highest BCUT2D eigenvalue weighted by Crippen LogP contribution is 2.14. The molecule has 8 heteroatoms. The first-order valence-corrected chi connectivity index (χ1v) is 8.99. The van der Waals surface area contributed by atoms with E-state index in [2.05, 4.69) is 15.8 Å². The van der Waals surface area contributed by atoms with Crippen molar-refractivity contribution < 1.29 is 23.5 Å². The summed E-state index contributed by atoms with van der Waals surface area (Å²) in [5.74, 6) is -1.90. The Morgan fingerprint density at radius 3 is 2.30 bits per heavy atom. The van der Waals surface area contributed by atoms with Crippen LogP contribution in [0.3, 0.4) is 0 Å². The molecule has 2 aromatic carbocycles. The molecule has 0 bridgehead atoms. The molecule has 1 aromatic heterocycles. The number of anilines is 1. The fourth-order valence-corrected chi connectivity index (χ4v) is 2.62. The summed E-state index contributed by atoms with van der Waals surface area (Å²) < 4.78 is 10.1. The number of amides is 2. The van der Waals surface area contributed by atoms with Crippen molar-refractivity contribution in [3.63, 3.8) is 0 Å². The molecule has 0 atom stereocenters. The Bertz CT molecular complexity index is 1070. The monoisotopic (exact) mass is 405 g/mol. The largest absolute Gasteiger partial charge is 0.457 e. The van der Waals surface area contributed by atoms with E-state index >= 15 is 0 Å². The summed E-state index contributed by atoms with van der Waals surface area (Å²) in [6, 6.07) is 15.0. The maximum absolute atomic E-state index is 12.0. The molecular formula is C22H19N3O5. The van der Waals surface area contributed by atoms with E-state index in [1.54, 1.807) is 42.5 Å². The van der Waals surface area contributed by atoms with Crippen molar-refractivity contribution in [2.45, 2.75) is 13.8 Å². The average Bonchev–Trinajstić information content (AvgIpc) is 3.23. The van der Waals surface area contributed by atoms with Gasteiger partial charge in [0.25, 0.3) is 0 Å². The second kappa shape index (κ2) is 9.33. The number of carbonyl (C=O) groups is 3. The average molecular weight is 405 g/mol. The predicted molar refractivity (Wildman–Crippen MR) is 110 cm³/mol. The zero-order chi connectivity index (χ0) is 21.5. The molecule has 1 heterocycles. The first-order chi connectivity index (χ1) is 14.4. The first kappa shape index (κ1) is 20.5. The van der Waals surface area contributed by atoms with Gasteiger partial charge in [-0.05, 0) is 79.1 Å². The summed E-state index contributed by atoms with van der Waals surface area (Å²) in [7, 11) is 0. The minimum Gasteiger partial charge on any atom is -0.457 e. The van der Waals surface area contributed by atoms with Gasteiger partial charge in [0.1, 0.15) is 5.75 Å². The van der Waals surface area contributed by atoms with Gasteiger partial charge in [0.2, 0.25) is 5.76 Å². The van der Waals surface area contributed by atoms with E-state index in [1.807, 2.05) is 19.9 Å². The van der Waals surface area contributed by atoms with Crippen molar-refractivity contribution in [2.75, 3.05) is 5.32 Å². The summed E-state index contributed by atoms with van der Waals surface area (Å²) in [5, 5.41) is 6.29. The molecule has 8 nitrogen and oxygen atoms in total. The normalized spacial score (nSPS) is 10.6. The Morgan fingerprint density at radius 2 is 1.67 bits per heavy atom.